The van der Waals surface area contributed by atoms with E-state index in [4.69, 9.17) is 9.47 Å². The Morgan fingerprint density at radius 3 is 3.08 bits per heavy atom. The van der Waals surface area contributed by atoms with Crippen molar-refractivity contribution in [2.45, 2.75) is 31.1 Å². The molecule has 24 heavy (non-hydrogen) atoms. The largest absolute Gasteiger partial charge is 0.371 e. The molecule has 0 aromatic heterocycles. The van der Waals surface area contributed by atoms with Gasteiger partial charge in [-0.15, -0.1) is 0 Å². The van der Waals surface area contributed by atoms with Gasteiger partial charge in [-0.2, -0.15) is 0 Å². The van der Waals surface area contributed by atoms with Crippen LogP contribution in [0.3, 0.4) is 0 Å². The molecule has 0 aliphatic carbocycles. The van der Waals surface area contributed by atoms with E-state index < -0.39 is 0 Å². The first-order valence-corrected chi connectivity index (χ1v) is 8.38. The standard InChI is InChI=1S/C18H25FN2O3/c1-20(2)17(22)12-23-16-9-18(24-11-16)6-7-21(13-18)10-14-4-3-5-15(19)8-14/h3-5,8,16H,6-7,9-13H2,1-2H3/t16-,18-/m0/s1. The van der Waals surface area contributed by atoms with E-state index in [2.05, 4.69) is 4.90 Å². The number of nitrogens with zero attached hydrogens (tertiary/aromatic N) is 2. The molecule has 2 aliphatic rings. The molecular formula is C18H25FN2O3. The second-order valence-electron chi connectivity index (χ2n) is 7.01. The summed E-state index contributed by atoms with van der Waals surface area (Å²) in [5, 5.41) is 0. The average molecular weight is 336 g/mol. The van der Waals surface area contributed by atoms with E-state index in [-0.39, 0.29) is 30.0 Å². The fourth-order valence-corrected chi connectivity index (χ4v) is 3.47. The summed E-state index contributed by atoms with van der Waals surface area (Å²) in [5.74, 6) is -0.229. The van der Waals surface area contributed by atoms with Gasteiger partial charge in [0.05, 0.1) is 18.3 Å². The zero-order valence-corrected chi connectivity index (χ0v) is 14.3. The molecule has 2 aliphatic heterocycles. The number of amides is 1. The fourth-order valence-electron chi connectivity index (χ4n) is 3.47. The van der Waals surface area contributed by atoms with Crippen molar-refractivity contribution in [2.75, 3.05) is 40.4 Å². The molecule has 0 bridgehead atoms. The molecule has 0 unspecified atom stereocenters. The van der Waals surface area contributed by atoms with Crippen molar-refractivity contribution in [1.82, 2.24) is 9.80 Å². The predicted molar refractivity (Wildman–Crippen MR) is 88.0 cm³/mol. The van der Waals surface area contributed by atoms with E-state index in [9.17, 15) is 9.18 Å². The second-order valence-corrected chi connectivity index (χ2v) is 7.01. The molecule has 0 radical (unpaired) electrons. The first-order chi connectivity index (χ1) is 11.5. The molecule has 1 spiro atoms. The van der Waals surface area contributed by atoms with Crippen molar-refractivity contribution >= 4 is 5.91 Å². The maximum atomic E-state index is 13.3. The summed E-state index contributed by atoms with van der Waals surface area (Å²) in [6, 6.07) is 6.74. The Labute approximate surface area is 142 Å². The third kappa shape index (κ3) is 4.12. The molecule has 3 rings (SSSR count). The first-order valence-electron chi connectivity index (χ1n) is 8.38. The average Bonchev–Trinajstić information content (AvgIpc) is 3.12. The normalized spacial score (nSPS) is 27.0. The van der Waals surface area contributed by atoms with Crippen molar-refractivity contribution in [2.24, 2.45) is 0 Å². The van der Waals surface area contributed by atoms with Crippen LogP contribution in [-0.4, -0.2) is 67.8 Å². The third-order valence-electron chi connectivity index (χ3n) is 4.81. The van der Waals surface area contributed by atoms with Gasteiger partial charge in [0, 0.05) is 40.2 Å². The number of hydrogen-bond acceptors (Lipinski definition) is 4. The maximum absolute atomic E-state index is 13.3. The second kappa shape index (κ2) is 7.17. The van der Waals surface area contributed by atoms with Crippen LogP contribution >= 0.6 is 0 Å². The van der Waals surface area contributed by atoms with Crippen molar-refractivity contribution in [3.63, 3.8) is 0 Å². The summed E-state index contributed by atoms with van der Waals surface area (Å²) in [6.07, 6.45) is 1.74. The van der Waals surface area contributed by atoms with Crippen LogP contribution in [0.25, 0.3) is 0 Å². The Kier molecular flexibility index (Phi) is 5.18. The zero-order valence-electron chi connectivity index (χ0n) is 14.3. The third-order valence-corrected chi connectivity index (χ3v) is 4.81. The van der Waals surface area contributed by atoms with E-state index in [1.807, 2.05) is 6.07 Å². The van der Waals surface area contributed by atoms with Gasteiger partial charge in [-0.25, -0.2) is 4.39 Å². The van der Waals surface area contributed by atoms with Gasteiger partial charge in [-0.3, -0.25) is 9.69 Å². The van der Waals surface area contributed by atoms with Gasteiger partial charge in [-0.1, -0.05) is 12.1 Å². The molecule has 1 aromatic carbocycles. The van der Waals surface area contributed by atoms with Crippen molar-refractivity contribution < 1.29 is 18.7 Å². The SMILES string of the molecule is CN(C)C(=O)CO[C@@H]1CO[C@@]2(CCN(Cc3cccc(F)c3)C2)C1. The van der Waals surface area contributed by atoms with Crippen LogP contribution in [0.2, 0.25) is 0 Å². The highest BCUT2D eigenvalue weighted by Crippen LogP contribution is 2.36. The number of carbonyl (C=O) groups excluding carboxylic acids is 1. The number of likely N-dealkylation sites (N-methyl/N-ethyl adjacent to an activating group) is 1. The van der Waals surface area contributed by atoms with Crippen LogP contribution in [0.15, 0.2) is 24.3 Å². The van der Waals surface area contributed by atoms with Crippen LogP contribution in [-0.2, 0) is 20.8 Å². The summed E-state index contributed by atoms with van der Waals surface area (Å²) in [4.78, 5) is 15.4. The molecule has 1 aromatic rings. The molecule has 0 saturated carbocycles. The summed E-state index contributed by atoms with van der Waals surface area (Å²) in [7, 11) is 3.44. The minimum atomic E-state index is -0.197. The Bertz CT molecular complexity index is 595. The monoisotopic (exact) mass is 336 g/mol. The molecular weight excluding hydrogens is 311 g/mol. The lowest BCUT2D eigenvalue weighted by Crippen LogP contribution is -2.33. The molecule has 1 amide bonds. The number of hydrogen-bond donors (Lipinski definition) is 0. The van der Waals surface area contributed by atoms with Gasteiger partial charge < -0.3 is 14.4 Å². The Morgan fingerprint density at radius 2 is 2.33 bits per heavy atom. The van der Waals surface area contributed by atoms with Crippen LogP contribution in [0, 0.1) is 5.82 Å². The highest BCUT2D eigenvalue weighted by atomic mass is 19.1. The summed E-state index contributed by atoms with van der Waals surface area (Å²) < 4.78 is 25.0. The van der Waals surface area contributed by atoms with Gasteiger partial charge in [0.25, 0.3) is 0 Å². The number of likely N-dealkylation sites (tertiary alicyclic amines) is 1. The number of ether oxygens (including phenoxy) is 2. The van der Waals surface area contributed by atoms with Gasteiger partial charge in [0.2, 0.25) is 5.91 Å². The van der Waals surface area contributed by atoms with Crippen molar-refractivity contribution in [3.05, 3.63) is 35.6 Å². The van der Waals surface area contributed by atoms with E-state index in [0.717, 1.165) is 38.0 Å². The molecule has 2 heterocycles. The zero-order chi connectivity index (χ0) is 17.2. The topological polar surface area (TPSA) is 42.0 Å². The summed E-state index contributed by atoms with van der Waals surface area (Å²) in [5.41, 5.74) is 0.800. The Morgan fingerprint density at radius 1 is 1.50 bits per heavy atom. The van der Waals surface area contributed by atoms with Crippen LogP contribution in [0.4, 0.5) is 4.39 Å². The smallest absolute Gasteiger partial charge is 0.248 e. The van der Waals surface area contributed by atoms with Crippen molar-refractivity contribution in [3.8, 4) is 0 Å². The molecule has 5 nitrogen and oxygen atoms in total. The Balaban J connectivity index is 1.49. The lowest BCUT2D eigenvalue weighted by atomic mass is 9.98. The van der Waals surface area contributed by atoms with E-state index in [0.29, 0.717) is 6.61 Å². The lowest BCUT2D eigenvalue weighted by molar-refractivity contribution is -0.135. The van der Waals surface area contributed by atoms with Gasteiger partial charge in [0.1, 0.15) is 12.4 Å². The number of rotatable bonds is 5. The lowest BCUT2D eigenvalue weighted by Gasteiger charge is -2.23. The van der Waals surface area contributed by atoms with E-state index >= 15 is 0 Å². The number of benzene rings is 1. The van der Waals surface area contributed by atoms with Gasteiger partial charge >= 0.3 is 0 Å². The molecule has 2 atom stereocenters. The van der Waals surface area contributed by atoms with Gasteiger partial charge in [0.15, 0.2) is 0 Å². The van der Waals surface area contributed by atoms with E-state index in [1.165, 1.54) is 11.0 Å². The molecule has 6 heteroatoms. The molecule has 2 fully saturated rings. The molecule has 132 valence electrons. The minimum absolute atomic E-state index is 0.0250. The number of carbonyl (C=O) groups is 1. The quantitative estimate of drug-likeness (QED) is 0.820. The van der Waals surface area contributed by atoms with Crippen LogP contribution in [0.5, 0.6) is 0 Å². The maximum Gasteiger partial charge on any atom is 0.248 e. The Hall–Kier alpha value is -1.50. The summed E-state index contributed by atoms with van der Waals surface area (Å²) >= 11 is 0. The first kappa shape index (κ1) is 17.3. The number of halogens is 1. The predicted octanol–water partition coefficient (Wildman–Crippen LogP) is 1.66. The minimum Gasteiger partial charge on any atom is -0.371 e. The fraction of sp³-hybridized carbons (Fsp3) is 0.611. The van der Waals surface area contributed by atoms with Crippen molar-refractivity contribution in [1.29, 1.82) is 0 Å². The van der Waals surface area contributed by atoms with Crippen LogP contribution in [0.1, 0.15) is 18.4 Å². The molecule has 0 N–H and O–H groups in total. The van der Waals surface area contributed by atoms with E-state index in [1.54, 1.807) is 26.2 Å². The summed E-state index contributed by atoms with van der Waals surface area (Å²) in [6.45, 7) is 3.12. The molecule has 2 saturated heterocycles. The van der Waals surface area contributed by atoms with Gasteiger partial charge in [-0.05, 0) is 24.1 Å². The van der Waals surface area contributed by atoms with Crippen LogP contribution < -0.4 is 0 Å². The highest BCUT2D eigenvalue weighted by molar-refractivity contribution is 5.76. The highest BCUT2D eigenvalue weighted by Gasteiger charge is 2.45.